The molecule has 0 bridgehead atoms. The SMILES string of the molecule is COc1cc(OC)cc(-c2nc(CN3CCN(C(=O)Nc4ccc(OC)cc4OC)CC3)no2)c1. The van der Waals surface area contributed by atoms with Crippen molar-refractivity contribution in [2.75, 3.05) is 59.9 Å². The summed E-state index contributed by atoms with van der Waals surface area (Å²) in [7, 11) is 6.31. The minimum Gasteiger partial charge on any atom is -0.497 e. The minimum absolute atomic E-state index is 0.179. The molecule has 1 aliphatic rings. The monoisotopic (exact) mass is 483 g/mol. The van der Waals surface area contributed by atoms with E-state index in [1.807, 2.05) is 12.1 Å². The van der Waals surface area contributed by atoms with Crippen molar-refractivity contribution in [1.82, 2.24) is 19.9 Å². The van der Waals surface area contributed by atoms with Gasteiger partial charge in [0, 0.05) is 43.9 Å². The number of benzene rings is 2. The van der Waals surface area contributed by atoms with Crippen LogP contribution in [-0.2, 0) is 6.54 Å². The van der Waals surface area contributed by atoms with Gasteiger partial charge in [-0.2, -0.15) is 4.98 Å². The Morgan fingerprint density at radius 3 is 2.23 bits per heavy atom. The first kappa shape index (κ1) is 24.1. The molecule has 1 fully saturated rings. The molecule has 0 saturated carbocycles. The molecule has 0 atom stereocenters. The van der Waals surface area contributed by atoms with Gasteiger partial charge in [0.2, 0.25) is 0 Å². The normalized spacial score (nSPS) is 13.9. The zero-order chi connectivity index (χ0) is 24.8. The number of anilines is 1. The van der Waals surface area contributed by atoms with Crippen LogP contribution >= 0.6 is 0 Å². The predicted octanol–water partition coefficient (Wildman–Crippen LogP) is 3.12. The lowest BCUT2D eigenvalue weighted by molar-refractivity contribution is 0.140. The topological polar surface area (TPSA) is 111 Å². The molecule has 0 aliphatic carbocycles. The molecule has 0 radical (unpaired) electrons. The van der Waals surface area contributed by atoms with Crippen LogP contribution in [0, 0.1) is 0 Å². The summed E-state index contributed by atoms with van der Waals surface area (Å²) in [6.45, 7) is 3.03. The van der Waals surface area contributed by atoms with Gasteiger partial charge in [0.1, 0.15) is 23.0 Å². The van der Waals surface area contributed by atoms with E-state index < -0.39 is 0 Å². The number of nitrogens with zero attached hydrogens (tertiary/aromatic N) is 4. The number of carbonyl (C=O) groups is 1. The lowest BCUT2D eigenvalue weighted by Gasteiger charge is -2.34. The van der Waals surface area contributed by atoms with Crippen molar-refractivity contribution in [2.24, 2.45) is 0 Å². The molecule has 2 amide bonds. The van der Waals surface area contributed by atoms with E-state index in [9.17, 15) is 4.79 Å². The molecule has 1 saturated heterocycles. The number of hydrogen-bond acceptors (Lipinski definition) is 9. The number of rotatable bonds is 8. The smallest absolute Gasteiger partial charge is 0.322 e. The van der Waals surface area contributed by atoms with Crippen molar-refractivity contribution in [2.45, 2.75) is 6.54 Å². The fourth-order valence-corrected chi connectivity index (χ4v) is 3.77. The largest absolute Gasteiger partial charge is 0.497 e. The second kappa shape index (κ2) is 11.0. The van der Waals surface area contributed by atoms with Crippen LogP contribution in [0.15, 0.2) is 40.9 Å². The quantitative estimate of drug-likeness (QED) is 0.516. The minimum atomic E-state index is -0.179. The lowest BCUT2D eigenvalue weighted by Crippen LogP contribution is -2.49. The van der Waals surface area contributed by atoms with E-state index in [4.69, 9.17) is 23.5 Å². The number of amides is 2. The summed E-state index contributed by atoms with van der Waals surface area (Å²) in [6, 6.07) is 10.5. The van der Waals surface area contributed by atoms with Crippen LogP contribution in [0.25, 0.3) is 11.5 Å². The Morgan fingerprint density at radius 1 is 0.914 bits per heavy atom. The highest BCUT2D eigenvalue weighted by molar-refractivity contribution is 5.91. The number of piperazine rings is 1. The summed E-state index contributed by atoms with van der Waals surface area (Å²) in [5.41, 5.74) is 1.31. The zero-order valence-electron chi connectivity index (χ0n) is 20.2. The second-order valence-electron chi connectivity index (χ2n) is 7.88. The number of carbonyl (C=O) groups excluding carboxylic acids is 1. The van der Waals surface area contributed by atoms with Crippen LogP contribution in [0.3, 0.4) is 0 Å². The van der Waals surface area contributed by atoms with Crippen molar-refractivity contribution in [3.63, 3.8) is 0 Å². The van der Waals surface area contributed by atoms with E-state index in [1.54, 1.807) is 57.6 Å². The number of hydrogen-bond donors (Lipinski definition) is 1. The molecule has 11 heteroatoms. The van der Waals surface area contributed by atoms with Gasteiger partial charge in [-0.15, -0.1) is 0 Å². The first-order valence-electron chi connectivity index (χ1n) is 11.1. The molecule has 35 heavy (non-hydrogen) atoms. The first-order valence-corrected chi connectivity index (χ1v) is 11.1. The second-order valence-corrected chi connectivity index (χ2v) is 7.88. The number of urea groups is 1. The van der Waals surface area contributed by atoms with Crippen molar-refractivity contribution in [3.8, 4) is 34.5 Å². The summed E-state index contributed by atoms with van der Waals surface area (Å²) < 4.78 is 26.6. The molecular weight excluding hydrogens is 454 g/mol. The molecule has 3 aromatic rings. The summed E-state index contributed by atoms with van der Waals surface area (Å²) in [5.74, 6) is 3.44. The number of methoxy groups -OCH3 is 4. The molecule has 11 nitrogen and oxygen atoms in total. The highest BCUT2D eigenvalue weighted by Gasteiger charge is 2.23. The van der Waals surface area contributed by atoms with E-state index in [0.29, 0.717) is 73.1 Å². The van der Waals surface area contributed by atoms with Gasteiger partial charge in [0.15, 0.2) is 5.82 Å². The van der Waals surface area contributed by atoms with Gasteiger partial charge in [-0.05, 0) is 24.3 Å². The first-order chi connectivity index (χ1) is 17.0. The van der Waals surface area contributed by atoms with Crippen molar-refractivity contribution in [3.05, 3.63) is 42.2 Å². The van der Waals surface area contributed by atoms with Gasteiger partial charge in [-0.3, -0.25) is 4.90 Å². The predicted molar refractivity (Wildman–Crippen MR) is 128 cm³/mol. The van der Waals surface area contributed by atoms with E-state index in [-0.39, 0.29) is 6.03 Å². The Balaban J connectivity index is 1.32. The molecule has 1 aliphatic heterocycles. The summed E-state index contributed by atoms with van der Waals surface area (Å²) in [5, 5.41) is 7.03. The maximum absolute atomic E-state index is 12.8. The fraction of sp³-hybridized carbons (Fsp3) is 0.375. The molecule has 1 N–H and O–H groups in total. The van der Waals surface area contributed by atoms with Crippen LogP contribution in [0.4, 0.5) is 10.5 Å². The summed E-state index contributed by atoms with van der Waals surface area (Å²) in [4.78, 5) is 21.2. The van der Waals surface area contributed by atoms with Crippen LogP contribution in [0.2, 0.25) is 0 Å². The maximum atomic E-state index is 12.8. The molecule has 2 heterocycles. The average molecular weight is 484 g/mol. The Kier molecular flexibility index (Phi) is 7.56. The Bertz CT molecular complexity index is 1140. The van der Waals surface area contributed by atoms with Crippen LogP contribution in [0.5, 0.6) is 23.0 Å². The zero-order valence-corrected chi connectivity index (χ0v) is 20.2. The molecule has 1 aromatic heterocycles. The number of ether oxygens (including phenoxy) is 4. The molecule has 186 valence electrons. The van der Waals surface area contributed by atoms with Crippen molar-refractivity contribution >= 4 is 11.7 Å². The highest BCUT2D eigenvalue weighted by atomic mass is 16.5. The van der Waals surface area contributed by atoms with Crippen LogP contribution in [-0.4, -0.2) is 80.6 Å². The van der Waals surface area contributed by atoms with Gasteiger partial charge in [0.05, 0.1) is 40.7 Å². The Labute approximate surface area is 203 Å². The third-order valence-electron chi connectivity index (χ3n) is 5.74. The van der Waals surface area contributed by atoms with Crippen molar-refractivity contribution < 1.29 is 28.3 Å². The summed E-state index contributed by atoms with van der Waals surface area (Å²) >= 11 is 0. The van der Waals surface area contributed by atoms with E-state index in [0.717, 1.165) is 5.56 Å². The van der Waals surface area contributed by atoms with E-state index >= 15 is 0 Å². The number of aromatic nitrogens is 2. The highest BCUT2D eigenvalue weighted by Crippen LogP contribution is 2.30. The Hall–Kier alpha value is -3.99. The third-order valence-corrected chi connectivity index (χ3v) is 5.74. The van der Waals surface area contributed by atoms with E-state index in [1.165, 1.54) is 0 Å². The van der Waals surface area contributed by atoms with E-state index in [2.05, 4.69) is 20.4 Å². The molecule has 2 aromatic carbocycles. The molecule has 0 unspecified atom stereocenters. The fourth-order valence-electron chi connectivity index (χ4n) is 3.77. The van der Waals surface area contributed by atoms with Crippen molar-refractivity contribution in [1.29, 1.82) is 0 Å². The lowest BCUT2D eigenvalue weighted by atomic mass is 10.2. The van der Waals surface area contributed by atoms with Gasteiger partial charge >= 0.3 is 6.03 Å². The molecular formula is C24H29N5O6. The van der Waals surface area contributed by atoms with Gasteiger partial charge < -0.3 is 33.7 Å². The standard InChI is InChI=1S/C24H29N5O6/c1-31-17-5-6-20(21(14-17)34-4)25-24(30)29-9-7-28(8-10-29)15-22-26-23(35-27-22)16-11-18(32-2)13-19(12-16)33-3/h5-6,11-14H,7-10,15H2,1-4H3,(H,25,30). The van der Waals surface area contributed by atoms with Crippen LogP contribution in [0.1, 0.15) is 5.82 Å². The number of nitrogens with one attached hydrogen (secondary N) is 1. The maximum Gasteiger partial charge on any atom is 0.322 e. The van der Waals surface area contributed by atoms with Gasteiger partial charge in [-0.25, -0.2) is 4.79 Å². The average Bonchev–Trinajstić information content (AvgIpc) is 3.37. The van der Waals surface area contributed by atoms with Gasteiger partial charge in [-0.1, -0.05) is 5.16 Å². The molecule has 0 spiro atoms. The van der Waals surface area contributed by atoms with Crippen LogP contribution < -0.4 is 24.3 Å². The Morgan fingerprint density at radius 2 is 1.60 bits per heavy atom. The summed E-state index contributed by atoms with van der Waals surface area (Å²) in [6.07, 6.45) is 0. The third kappa shape index (κ3) is 5.75. The molecule has 4 rings (SSSR count). The van der Waals surface area contributed by atoms with Gasteiger partial charge in [0.25, 0.3) is 5.89 Å².